The molecule has 0 atom stereocenters. The molecule has 0 aliphatic heterocycles. The van der Waals surface area contributed by atoms with E-state index in [0.29, 0.717) is 29.2 Å². The summed E-state index contributed by atoms with van der Waals surface area (Å²) in [6.07, 6.45) is 3.09. The Labute approximate surface area is 134 Å². The van der Waals surface area contributed by atoms with E-state index >= 15 is 0 Å². The molecule has 1 aromatic carbocycles. The number of hydrogen-bond acceptors (Lipinski definition) is 6. The summed E-state index contributed by atoms with van der Waals surface area (Å²) in [5, 5.41) is 13.8. The van der Waals surface area contributed by atoms with Gasteiger partial charge in [0.25, 0.3) is 5.69 Å². The van der Waals surface area contributed by atoms with Gasteiger partial charge in [0, 0.05) is 18.4 Å². The first-order valence-electron chi connectivity index (χ1n) is 6.91. The molecule has 122 valence electrons. The van der Waals surface area contributed by atoms with Gasteiger partial charge in [-0.15, -0.1) is 0 Å². The third kappa shape index (κ3) is 4.49. The van der Waals surface area contributed by atoms with Crippen LogP contribution >= 0.6 is 0 Å². The summed E-state index contributed by atoms with van der Waals surface area (Å²) in [6, 6.07) is 8.34. The molecule has 0 saturated carbocycles. The van der Waals surface area contributed by atoms with E-state index in [1.54, 1.807) is 37.3 Å². The van der Waals surface area contributed by atoms with Crippen LogP contribution in [0.1, 0.15) is 11.1 Å². The SMILES string of the molecule is Cc1cc(NCCc2ccc(S(C)(=O)=O)cc2)ncc1[N+](=O)[O-]. The monoisotopic (exact) mass is 335 g/mol. The van der Waals surface area contributed by atoms with E-state index in [2.05, 4.69) is 10.3 Å². The van der Waals surface area contributed by atoms with Gasteiger partial charge >= 0.3 is 0 Å². The molecule has 0 spiro atoms. The fraction of sp³-hybridized carbons (Fsp3) is 0.267. The Morgan fingerprint density at radius 3 is 2.43 bits per heavy atom. The van der Waals surface area contributed by atoms with Crippen LogP contribution in [0, 0.1) is 17.0 Å². The summed E-state index contributed by atoms with van der Waals surface area (Å²) in [5.74, 6) is 0.570. The zero-order chi connectivity index (χ0) is 17.0. The van der Waals surface area contributed by atoms with E-state index in [-0.39, 0.29) is 5.69 Å². The van der Waals surface area contributed by atoms with Crippen molar-refractivity contribution >= 4 is 21.3 Å². The van der Waals surface area contributed by atoms with E-state index in [4.69, 9.17) is 0 Å². The minimum absolute atomic E-state index is 0.00749. The van der Waals surface area contributed by atoms with Gasteiger partial charge in [0.2, 0.25) is 0 Å². The lowest BCUT2D eigenvalue weighted by atomic mass is 10.1. The average molecular weight is 335 g/mol. The number of benzene rings is 1. The zero-order valence-electron chi connectivity index (χ0n) is 12.8. The van der Waals surface area contributed by atoms with Crippen LogP contribution in [-0.4, -0.2) is 31.1 Å². The highest BCUT2D eigenvalue weighted by molar-refractivity contribution is 7.90. The van der Waals surface area contributed by atoms with Gasteiger partial charge in [-0.25, -0.2) is 13.4 Å². The Morgan fingerprint density at radius 1 is 1.26 bits per heavy atom. The number of aryl methyl sites for hydroxylation is 1. The van der Waals surface area contributed by atoms with E-state index in [0.717, 1.165) is 5.56 Å². The molecule has 0 saturated heterocycles. The van der Waals surface area contributed by atoms with Gasteiger partial charge in [-0.1, -0.05) is 12.1 Å². The maximum Gasteiger partial charge on any atom is 0.290 e. The highest BCUT2D eigenvalue weighted by atomic mass is 32.2. The second-order valence-electron chi connectivity index (χ2n) is 5.21. The van der Waals surface area contributed by atoms with Gasteiger partial charge in [0.15, 0.2) is 9.84 Å². The Balaban J connectivity index is 1.95. The van der Waals surface area contributed by atoms with Crippen LogP contribution in [-0.2, 0) is 16.3 Å². The molecular formula is C15H17N3O4S. The number of anilines is 1. The maximum atomic E-state index is 11.4. The third-order valence-corrected chi connectivity index (χ3v) is 4.48. The maximum absolute atomic E-state index is 11.4. The molecule has 2 rings (SSSR count). The van der Waals surface area contributed by atoms with Crippen LogP contribution in [0.4, 0.5) is 11.5 Å². The lowest BCUT2D eigenvalue weighted by Gasteiger charge is -2.07. The topological polar surface area (TPSA) is 102 Å². The van der Waals surface area contributed by atoms with Gasteiger partial charge in [-0.05, 0) is 37.1 Å². The van der Waals surface area contributed by atoms with Crippen molar-refractivity contribution in [1.29, 1.82) is 0 Å². The third-order valence-electron chi connectivity index (χ3n) is 3.35. The minimum Gasteiger partial charge on any atom is -0.370 e. The number of pyridine rings is 1. The molecule has 23 heavy (non-hydrogen) atoms. The average Bonchev–Trinajstić information content (AvgIpc) is 2.46. The molecule has 0 fully saturated rings. The largest absolute Gasteiger partial charge is 0.370 e. The van der Waals surface area contributed by atoms with Gasteiger partial charge in [-0.3, -0.25) is 10.1 Å². The second-order valence-corrected chi connectivity index (χ2v) is 7.22. The van der Waals surface area contributed by atoms with Crippen LogP contribution in [0.3, 0.4) is 0 Å². The number of nitrogens with zero attached hydrogens (tertiary/aromatic N) is 2. The van der Waals surface area contributed by atoms with Crippen LogP contribution < -0.4 is 5.32 Å². The molecule has 0 amide bonds. The summed E-state index contributed by atoms with van der Waals surface area (Å²) >= 11 is 0. The Hall–Kier alpha value is -2.48. The van der Waals surface area contributed by atoms with Crippen LogP contribution in [0.15, 0.2) is 41.4 Å². The van der Waals surface area contributed by atoms with Crippen LogP contribution in [0.25, 0.3) is 0 Å². The van der Waals surface area contributed by atoms with Crippen molar-refractivity contribution in [3.63, 3.8) is 0 Å². The predicted octanol–water partition coefficient (Wildman–Crippen LogP) is 2.36. The first kappa shape index (κ1) is 16.9. The van der Waals surface area contributed by atoms with Crippen molar-refractivity contribution in [3.05, 3.63) is 57.8 Å². The number of nitro groups is 1. The highest BCUT2D eigenvalue weighted by Gasteiger charge is 2.11. The lowest BCUT2D eigenvalue weighted by molar-refractivity contribution is -0.385. The summed E-state index contributed by atoms with van der Waals surface area (Å²) in [4.78, 5) is 14.6. The summed E-state index contributed by atoms with van der Waals surface area (Å²) in [5.41, 5.74) is 1.53. The van der Waals surface area contributed by atoms with Gasteiger partial charge in [0.1, 0.15) is 12.0 Å². The van der Waals surface area contributed by atoms with Gasteiger partial charge in [0.05, 0.1) is 9.82 Å². The Bertz CT molecular complexity index is 817. The van der Waals surface area contributed by atoms with Crippen LogP contribution in [0.5, 0.6) is 0 Å². The molecule has 2 aromatic rings. The smallest absolute Gasteiger partial charge is 0.290 e. The van der Waals surface area contributed by atoms with Crippen LogP contribution in [0.2, 0.25) is 0 Å². The number of sulfone groups is 1. The molecule has 0 bridgehead atoms. The fourth-order valence-corrected chi connectivity index (χ4v) is 2.71. The molecule has 8 heteroatoms. The van der Waals surface area contributed by atoms with Crippen molar-refractivity contribution < 1.29 is 13.3 Å². The number of hydrogen-bond donors (Lipinski definition) is 1. The molecule has 7 nitrogen and oxygen atoms in total. The molecule has 1 N–H and O–H groups in total. The standard InChI is InChI=1S/C15H17N3O4S/c1-11-9-15(17-10-14(11)18(19)20)16-8-7-12-3-5-13(6-4-12)23(2,21)22/h3-6,9-10H,7-8H2,1-2H3,(H,16,17). The molecule has 0 radical (unpaired) electrons. The quantitative estimate of drug-likeness (QED) is 0.642. The molecular weight excluding hydrogens is 318 g/mol. The van der Waals surface area contributed by atoms with E-state index < -0.39 is 14.8 Å². The molecule has 1 heterocycles. The number of aromatic nitrogens is 1. The predicted molar refractivity (Wildman–Crippen MR) is 87.4 cm³/mol. The highest BCUT2D eigenvalue weighted by Crippen LogP contribution is 2.18. The summed E-state index contributed by atoms with van der Waals surface area (Å²) in [7, 11) is -3.18. The van der Waals surface area contributed by atoms with Crippen molar-refractivity contribution in [2.45, 2.75) is 18.2 Å². The van der Waals surface area contributed by atoms with Gasteiger partial charge in [-0.2, -0.15) is 0 Å². The fourth-order valence-electron chi connectivity index (χ4n) is 2.07. The summed E-state index contributed by atoms with van der Waals surface area (Å²) in [6.45, 7) is 2.25. The van der Waals surface area contributed by atoms with Crippen molar-refractivity contribution in [2.24, 2.45) is 0 Å². The number of nitrogens with one attached hydrogen (secondary N) is 1. The first-order valence-corrected chi connectivity index (χ1v) is 8.80. The summed E-state index contributed by atoms with van der Waals surface area (Å²) < 4.78 is 22.8. The molecule has 0 unspecified atom stereocenters. The van der Waals surface area contributed by atoms with E-state index in [9.17, 15) is 18.5 Å². The van der Waals surface area contributed by atoms with Gasteiger partial charge < -0.3 is 5.32 Å². The molecule has 0 aliphatic rings. The van der Waals surface area contributed by atoms with E-state index in [1.807, 2.05) is 0 Å². The van der Waals surface area contributed by atoms with Crippen molar-refractivity contribution in [1.82, 2.24) is 4.98 Å². The van der Waals surface area contributed by atoms with E-state index in [1.165, 1.54) is 12.5 Å². The Morgan fingerprint density at radius 2 is 1.91 bits per heavy atom. The van der Waals surface area contributed by atoms with Crippen molar-refractivity contribution in [3.8, 4) is 0 Å². The number of rotatable bonds is 6. The molecule has 0 aliphatic carbocycles. The normalized spacial score (nSPS) is 11.2. The minimum atomic E-state index is -3.18. The second kappa shape index (κ2) is 6.74. The Kier molecular flexibility index (Phi) is 4.95. The zero-order valence-corrected chi connectivity index (χ0v) is 13.6. The first-order chi connectivity index (χ1) is 10.8. The van der Waals surface area contributed by atoms with Crippen molar-refractivity contribution in [2.75, 3.05) is 18.1 Å². The lowest BCUT2D eigenvalue weighted by Crippen LogP contribution is -2.07. The molecule has 1 aromatic heterocycles.